The molecule has 0 radical (unpaired) electrons. The molecule has 2 aromatic rings. The summed E-state index contributed by atoms with van der Waals surface area (Å²) < 4.78 is 37.6. The number of ether oxygens (including phenoxy) is 2. The highest BCUT2D eigenvalue weighted by Gasteiger charge is 2.33. The van der Waals surface area contributed by atoms with E-state index < -0.39 is 32.1 Å². The summed E-state index contributed by atoms with van der Waals surface area (Å²) in [5, 5.41) is 2.80. The van der Waals surface area contributed by atoms with Gasteiger partial charge in [-0.1, -0.05) is 12.1 Å². The summed E-state index contributed by atoms with van der Waals surface area (Å²) in [4.78, 5) is 36.7. The molecule has 11 heteroatoms. The van der Waals surface area contributed by atoms with Gasteiger partial charge in [0.05, 0.1) is 31.0 Å². The van der Waals surface area contributed by atoms with E-state index in [0.717, 1.165) is 27.1 Å². The minimum atomic E-state index is -4.33. The Morgan fingerprint density at radius 3 is 2.30 bits per heavy atom. The Morgan fingerprint density at radius 1 is 1.07 bits per heavy atom. The van der Waals surface area contributed by atoms with Gasteiger partial charge in [0.15, 0.2) is 4.21 Å². The van der Waals surface area contributed by atoms with Gasteiger partial charge in [0.1, 0.15) is 4.88 Å². The van der Waals surface area contributed by atoms with E-state index in [4.69, 9.17) is 4.74 Å². The van der Waals surface area contributed by atoms with Crippen molar-refractivity contribution in [3.63, 3.8) is 0 Å². The highest BCUT2D eigenvalue weighted by molar-refractivity contribution is 7.94. The van der Waals surface area contributed by atoms with Crippen LogP contribution in [0.3, 0.4) is 0 Å². The van der Waals surface area contributed by atoms with Crippen LogP contribution in [0, 0.1) is 6.92 Å². The first kappa shape index (κ1) is 21.8. The lowest BCUT2D eigenvalue weighted by Crippen LogP contribution is -2.27. The van der Waals surface area contributed by atoms with Crippen LogP contribution < -0.4 is 10.0 Å². The maximum atomic E-state index is 13.1. The number of amides is 1. The molecule has 1 heterocycles. The van der Waals surface area contributed by atoms with Crippen molar-refractivity contribution in [3.05, 3.63) is 45.8 Å². The molecule has 30 heavy (non-hydrogen) atoms. The molecule has 1 fully saturated rings. The predicted molar refractivity (Wildman–Crippen MR) is 109 cm³/mol. The number of sulfonamides is 1. The third-order valence-corrected chi connectivity index (χ3v) is 7.60. The van der Waals surface area contributed by atoms with E-state index in [-0.39, 0.29) is 33.3 Å². The number of nitrogens with one attached hydrogen (secondary N) is 2. The fourth-order valence-corrected chi connectivity index (χ4v) is 5.58. The summed E-state index contributed by atoms with van der Waals surface area (Å²) in [6, 6.07) is 6.22. The summed E-state index contributed by atoms with van der Waals surface area (Å²) in [5.74, 6) is -2.08. The zero-order chi connectivity index (χ0) is 22.1. The Labute approximate surface area is 177 Å². The Morgan fingerprint density at radius 2 is 1.70 bits per heavy atom. The SMILES string of the molecule is COC(=O)c1sc(S(=O)(=O)Nc2ccccc2C(=O)NC2CC2)c(C(=O)OC)c1C. The first-order chi connectivity index (χ1) is 14.2. The van der Waals surface area contributed by atoms with Crippen LogP contribution in [0.2, 0.25) is 0 Å². The highest BCUT2D eigenvalue weighted by Crippen LogP contribution is 2.34. The Kier molecular flexibility index (Phi) is 6.13. The fourth-order valence-electron chi connectivity index (χ4n) is 2.75. The molecule has 1 aliphatic rings. The number of rotatable bonds is 7. The molecule has 1 amide bonds. The lowest BCUT2D eigenvalue weighted by atomic mass is 10.1. The molecule has 3 rings (SSSR count). The number of carbonyl (C=O) groups is 3. The van der Waals surface area contributed by atoms with Crippen LogP contribution in [-0.2, 0) is 19.5 Å². The van der Waals surface area contributed by atoms with Gasteiger partial charge in [-0.3, -0.25) is 9.52 Å². The molecule has 2 N–H and O–H groups in total. The fraction of sp³-hybridized carbons (Fsp3) is 0.316. The molecule has 1 aliphatic carbocycles. The van der Waals surface area contributed by atoms with Gasteiger partial charge in [-0.2, -0.15) is 0 Å². The third kappa shape index (κ3) is 4.31. The number of methoxy groups -OCH3 is 2. The number of benzene rings is 1. The second kappa shape index (κ2) is 8.44. The standard InChI is InChI=1S/C19H20N2O7S2/c1-10-14(17(23)27-2)19(29-15(10)18(24)28-3)30(25,26)21-13-7-5-4-6-12(13)16(22)20-11-8-9-11/h4-7,11,21H,8-9H2,1-3H3,(H,20,22). The van der Waals surface area contributed by atoms with Crippen molar-refractivity contribution in [2.45, 2.75) is 30.0 Å². The monoisotopic (exact) mass is 452 g/mol. The van der Waals surface area contributed by atoms with E-state index in [0.29, 0.717) is 11.3 Å². The summed E-state index contributed by atoms with van der Waals surface area (Å²) >= 11 is 0.597. The van der Waals surface area contributed by atoms with Gasteiger partial charge in [0.25, 0.3) is 15.9 Å². The van der Waals surface area contributed by atoms with Crippen LogP contribution in [0.25, 0.3) is 0 Å². The second-order valence-corrected chi connectivity index (χ2v) is 9.50. The second-order valence-electron chi connectivity index (χ2n) is 6.60. The van der Waals surface area contributed by atoms with E-state index >= 15 is 0 Å². The average Bonchev–Trinajstić information content (AvgIpc) is 3.46. The van der Waals surface area contributed by atoms with Crippen molar-refractivity contribution in [3.8, 4) is 0 Å². The van der Waals surface area contributed by atoms with E-state index in [9.17, 15) is 22.8 Å². The number of hydrogen-bond donors (Lipinski definition) is 2. The lowest BCUT2D eigenvalue weighted by molar-refractivity contribution is 0.0596. The maximum Gasteiger partial charge on any atom is 0.348 e. The van der Waals surface area contributed by atoms with Gasteiger partial charge in [0.2, 0.25) is 0 Å². The van der Waals surface area contributed by atoms with Crippen LogP contribution in [-0.4, -0.2) is 46.5 Å². The van der Waals surface area contributed by atoms with Crippen LogP contribution >= 0.6 is 11.3 Å². The van der Waals surface area contributed by atoms with E-state index in [1.807, 2.05) is 0 Å². The molecular formula is C19H20N2O7S2. The smallest absolute Gasteiger partial charge is 0.348 e. The molecule has 0 aliphatic heterocycles. The van der Waals surface area contributed by atoms with E-state index in [2.05, 4.69) is 14.8 Å². The van der Waals surface area contributed by atoms with Crippen molar-refractivity contribution in [1.29, 1.82) is 0 Å². The number of para-hydroxylation sites is 1. The number of carbonyl (C=O) groups excluding carboxylic acids is 3. The molecule has 1 saturated carbocycles. The molecule has 0 saturated heterocycles. The van der Waals surface area contributed by atoms with Gasteiger partial charge in [-0.15, -0.1) is 11.3 Å². The zero-order valence-corrected chi connectivity index (χ0v) is 18.1. The number of esters is 2. The number of anilines is 1. The molecule has 0 spiro atoms. The van der Waals surface area contributed by atoms with Crippen LogP contribution in [0.15, 0.2) is 28.5 Å². The molecule has 160 valence electrons. The highest BCUT2D eigenvalue weighted by atomic mass is 32.2. The number of hydrogen-bond acceptors (Lipinski definition) is 8. The van der Waals surface area contributed by atoms with Crippen LogP contribution in [0.4, 0.5) is 5.69 Å². The average molecular weight is 453 g/mol. The molecular weight excluding hydrogens is 432 g/mol. The van der Waals surface area contributed by atoms with Gasteiger partial charge in [-0.05, 0) is 37.5 Å². The van der Waals surface area contributed by atoms with Crippen molar-refractivity contribution in [1.82, 2.24) is 5.32 Å². The summed E-state index contributed by atoms with van der Waals surface area (Å²) in [6.07, 6.45) is 1.76. The molecule has 0 atom stereocenters. The van der Waals surface area contributed by atoms with Gasteiger partial charge >= 0.3 is 11.9 Å². The lowest BCUT2D eigenvalue weighted by Gasteiger charge is -2.12. The summed E-state index contributed by atoms with van der Waals surface area (Å²) in [7, 11) is -2.07. The van der Waals surface area contributed by atoms with Crippen LogP contribution in [0.5, 0.6) is 0 Å². The summed E-state index contributed by atoms with van der Waals surface area (Å²) in [6.45, 7) is 1.44. The number of thiophene rings is 1. The van der Waals surface area contributed by atoms with Crippen molar-refractivity contribution in [2.75, 3.05) is 18.9 Å². The normalized spacial score (nSPS) is 13.4. The van der Waals surface area contributed by atoms with E-state index in [1.54, 1.807) is 12.1 Å². The third-order valence-electron chi connectivity index (χ3n) is 4.45. The molecule has 9 nitrogen and oxygen atoms in total. The van der Waals surface area contributed by atoms with Crippen molar-refractivity contribution < 1.29 is 32.3 Å². The van der Waals surface area contributed by atoms with E-state index in [1.165, 1.54) is 19.1 Å². The zero-order valence-electron chi connectivity index (χ0n) is 16.5. The Balaban J connectivity index is 2.03. The van der Waals surface area contributed by atoms with Gasteiger partial charge in [0, 0.05) is 6.04 Å². The molecule has 1 aromatic carbocycles. The van der Waals surface area contributed by atoms with Crippen molar-refractivity contribution in [2.24, 2.45) is 0 Å². The molecule has 0 unspecified atom stereocenters. The van der Waals surface area contributed by atoms with Gasteiger partial charge < -0.3 is 14.8 Å². The molecule has 0 bridgehead atoms. The minimum Gasteiger partial charge on any atom is -0.465 e. The van der Waals surface area contributed by atoms with Crippen LogP contribution in [0.1, 0.15) is 48.8 Å². The largest absolute Gasteiger partial charge is 0.465 e. The minimum absolute atomic E-state index is 0.0296. The first-order valence-electron chi connectivity index (χ1n) is 8.92. The maximum absolute atomic E-state index is 13.1. The van der Waals surface area contributed by atoms with Crippen molar-refractivity contribution >= 4 is 44.9 Å². The Hall–Kier alpha value is -2.92. The first-order valence-corrected chi connectivity index (χ1v) is 11.2. The quantitative estimate of drug-likeness (QED) is 0.617. The topological polar surface area (TPSA) is 128 Å². The van der Waals surface area contributed by atoms with Gasteiger partial charge in [-0.25, -0.2) is 18.0 Å². The molecule has 1 aromatic heterocycles. The Bertz CT molecular complexity index is 1120. The summed E-state index contributed by atoms with van der Waals surface area (Å²) in [5.41, 5.74) is 0.0837. The predicted octanol–water partition coefficient (Wildman–Crippen LogP) is 2.32.